The standard InChI is InChI=1S/C15H16BrN/c1-12-6-5-9-14(15(12)16)17-11-10-13-7-3-2-4-8-13/h2-9,17H,10-11H2,1H3. The van der Waals surface area contributed by atoms with Crippen LogP contribution in [0.5, 0.6) is 0 Å². The van der Waals surface area contributed by atoms with Crippen molar-refractivity contribution in [2.45, 2.75) is 13.3 Å². The first kappa shape index (κ1) is 12.2. The van der Waals surface area contributed by atoms with Gasteiger partial charge in [-0.05, 0) is 46.5 Å². The molecule has 0 unspecified atom stereocenters. The van der Waals surface area contributed by atoms with Crippen molar-refractivity contribution in [3.8, 4) is 0 Å². The van der Waals surface area contributed by atoms with Gasteiger partial charge in [-0.15, -0.1) is 0 Å². The van der Waals surface area contributed by atoms with Gasteiger partial charge in [0.15, 0.2) is 0 Å². The molecule has 17 heavy (non-hydrogen) atoms. The predicted molar refractivity (Wildman–Crippen MR) is 77.5 cm³/mol. The highest BCUT2D eigenvalue weighted by Gasteiger charge is 2.01. The molecule has 0 heterocycles. The average molecular weight is 290 g/mol. The first-order chi connectivity index (χ1) is 8.27. The summed E-state index contributed by atoms with van der Waals surface area (Å²) in [6.07, 6.45) is 1.04. The molecule has 0 amide bonds. The van der Waals surface area contributed by atoms with Gasteiger partial charge in [-0.25, -0.2) is 0 Å². The minimum absolute atomic E-state index is 0.950. The summed E-state index contributed by atoms with van der Waals surface area (Å²) >= 11 is 3.60. The highest BCUT2D eigenvalue weighted by atomic mass is 79.9. The second kappa shape index (κ2) is 5.87. The van der Waals surface area contributed by atoms with Crippen LogP contribution in [0.25, 0.3) is 0 Å². The van der Waals surface area contributed by atoms with E-state index >= 15 is 0 Å². The molecule has 0 fully saturated rings. The molecule has 2 aromatic carbocycles. The second-order valence-electron chi connectivity index (χ2n) is 4.10. The minimum atomic E-state index is 0.950. The summed E-state index contributed by atoms with van der Waals surface area (Å²) in [5.41, 5.74) is 3.79. The molecule has 0 saturated heterocycles. The van der Waals surface area contributed by atoms with Crippen molar-refractivity contribution in [2.75, 3.05) is 11.9 Å². The van der Waals surface area contributed by atoms with Crippen molar-refractivity contribution in [1.82, 2.24) is 0 Å². The maximum atomic E-state index is 3.60. The zero-order valence-corrected chi connectivity index (χ0v) is 11.5. The summed E-state index contributed by atoms with van der Waals surface area (Å²) in [6, 6.07) is 16.8. The fraction of sp³-hybridized carbons (Fsp3) is 0.200. The number of hydrogen-bond donors (Lipinski definition) is 1. The molecule has 0 aliphatic heterocycles. The first-order valence-electron chi connectivity index (χ1n) is 5.80. The van der Waals surface area contributed by atoms with Gasteiger partial charge in [0, 0.05) is 16.7 Å². The summed E-state index contributed by atoms with van der Waals surface area (Å²) in [4.78, 5) is 0. The fourth-order valence-electron chi connectivity index (χ4n) is 1.77. The van der Waals surface area contributed by atoms with Crippen molar-refractivity contribution in [3.63, 3.8) is 0 Å². The first-order valence-corrected chi connectivity index (χ1v) is 6.59. The molecule has 0 spiro atoms. The maximum absolute atomic E-state index is 3.60. The van der Waals surface area contributed by atoms with Gasteiger partial charge in [0.1, 0.15) is 0 Å². The zero-order valence-electron chi connectivity index (χ0n) is 9.91. The smallest absolute Gasteiger partial charge is 0.0487 e. The Balaban J connectivity index is 1.93. The van der Waals surface area contributed by atoms with Crippen molar-refractivity contribution < 1.29 is 0 Å². The molecule has 2 rings (SSSR count). The van der Waals surface area contributed by atoms with E-state index in [1.807, 2.05) is 6.07 Å². The summed E-state index contributed by atoms with van der Waals surface area (Å²) in [7, 11) is 0. The molecule has 0 aromatic heterocycles. The molecule has 2 aromatic rings. The van der Waals surface area contributed by atoms with Crippen LogP contribution in [0.1, 0.15) is 11.1 Å². The molecule has 88 valence electrons. The quantitative estimate of drug-likeness (QED) is 0.879. The number of aryl methyl sites for hydroxylation is 1. The number of anilines is 1. The Hall–Kier alpha value is -1.28. The highest BCUT2D eigenvalue weighted by molar-refractivity contribution is 9.10. The van der Waals surface area contributed by atoms with Crippen molar-refractivity contribution in [3.05, 3.63) is 64.1 Å². The molecule has 0 bridgehead atoms. The summed E-state index contributed by atoms with van der Waals surface area (Å²) in [6.45, 7) is 3.05. The van der Waals surface area contributed by atoms with E-state index in [2.05, 4.69) is 70.6 Å². The lowest BCUT2D eigenvalue weighted by Crippen LogP contribution is -2.05. The van der Waals surface area contributed by atoms with Gasteiger partial charge in [0.2, 0.25) is 0 Å². The molecule has 0 saturated carbocycles. The largest absolute Gasteiger partial charge is 0.384 e. The van der Waals surface area contributed by atoms with Crippen LogP contribution in [0.4, 0.5) is 5.69 Å². The number of rotatable bonds is 4. The van der Waals surface area contributed by atoms with Gasteiger partial charge in [-0.2, -0.15) is 0 Å². The third-order valence-electron chi connectivity index (χ3n) is 2.76. The lowest BCUT2D eigenvalue weighted by molar-refractivity contribution is 1.02. The van der Waals surface area contributed by atoms with Gasteiger partial charge < -0.3 is 5.32 Å². The van der Waals surface area contributed by atoms with Gasteiger partial charge in [0.25, 0.3) is 0 Å². The van der Waals surface area contributed by atoms with E-state index in [0.29, 0.717) is 0 Å². The lowest BCUT2D eigenvalue weighted by Gasteiger charge is -2.10. The van der Waals surface area contributed by atoms with Crippen LogP contribution in [-0.4, -0.2) is 6.54 Å². The van der Waals surface area contributed by atoms with Crippen LogP contribution in [0, 0.1) is 6.92 Å². The van der Waals surface area contributed by atoms with E-state index in [9.17, 15) is 0 Å². The third-order valence-corrected chi connectivity index (χ3v) is 3.82. The fourth-order valence-corrected chi connectivity index (χ4v) is 2.17. The average Bonchev–Trinajstić information content (AvgIpc) is 2.36. The minimum Gasteiger partial charge on any atom is -0.384 e. The van der Waals surface area contributed by atoms with E-state index in [4.69, 9.17) is 0 Å². The summed E-state index contributed by atoms with van der Waals surface area (Å²) < 4.78 is 1.16. The summed E-state index contributed by atoms with van der Waals surface area (Å²) in [5.74, 6) is 0. The van der Waals surface area contributed by atoms with Crippen LogP contribution in [-0.2, 0) is 6.42 Å². The summed E-state index contributed by atoms with van der Waals surface area (Å²) in [5, 5.41) is 3.46. The van der Waals surface area contributed by atoms with Gasteiger partial charge in [0.05, 0.1) is 0 Å². The lowest BCUT2D eigenvalue weighted by atomic mass is 10.1. The Labute approximate surface area is 111 Å². The number of hydrogen-bond acceptors (Lipinski definition) is 1. The molecule has 2 heteroatoms. The van der Waals surface area contributed by atoms with E-state index < -0.39 is 0 Å². The van der Waals surface area contributed by atoms with E-state index in [0.717, 1.165) is 17.4 Å². The Morgan fingerprint density at radius 1 is 1.00 bits per heavy atom. The van der Waals surface area contributed by atoms with Crippen molar-refractivity contribution in [1.29, 1.82) is 0 Å². The SMILES string of the molecule is Cc1cccc(NCCc2ccccc2)c1Br. The molecule has 1 nitrogen and oxygen atoms in total. The van der Waals surface area contributed by atoms with E-state index in [1.54, 1.807) is 0 Å². The van der Waals surface area contributed by atoms with E-state index in [-0.39, 0.29) is 0 Å². The molecule has 0 aliphatic carbocycles. The van der Waals surface area contributed by atoms with Gasteiger partial charge >= 0.3 is 0 Å². The van der Waals surface area contributed by atoms with Crippen LogP contribution >= 0.6 is 15.9 Å². The van der Waals surface area contributed by atoms with E-state index in [1.165, 1.54) is 16.8 Å². The molecule has 0 radical (unpaired) electrons. The molecular weight excluding hydrogens is 274 g/mol. The highest BCUT2D eigenvalue weighted by Crippen LogP contribution is 2.25. The number of benzene rings is 2. The number of nitrogens with one attached hydrogen (secondary N) is 1. The second-order valence-corrected chi connectivity index (χ2v) is 4.89. The van der Waals surface area contributed by atoms with Gasteiger partial charge in [-0.3, -0.25) is 0 Å². The third kappa shape index (κ3) is 3.34. The molecular formula is C15H16BrN. The van der Waals surface area contributed by atoms with Crippen molar-refractivity contribution >= 4 is 21.6 Å². The van der Waals surface area contributed by atoms with Crippen LogP contribution in [0.3, 0.4) is 0 Å². The Kier molecular flexibility index (Phi) is 4.21. The molecule has 0 aliphatic rings. The number of halogens is 1. The van der Waals surface area contributed by atoms with Crippen molar-refractivity contribution in [2.24, 2.45) is 0 Å². The predicted octanol–water partition coefficient (Wildman–Crippen LogP) is 4.41. The van der Waals surface area contributed by atoms with Crippen LogP contribution in [0.15, 0.2) is 53.0 Å². The van der Waals surface area contributed by atoms with Crippen LogP contribution in [0.2, 0.25) is 0 Å². The normalized spacial score (nSPS) is 10.2. The maximum Gasteiger partial charge on any atom is 0.0487 e. The molecule has 1 N–H and O–H groups in total. The Morgan fingerprint density at radius 3 is 2.53 bits per heavy atom. The molecule has 0 atom stereocenters. The van der Waals surface area contributed by atoms with Gasteiger partial charge in [-0.1, -0.05) is 42.5 Å². The topological polar surface area (TPSA) is 12.0 Å². The Morgan fingerprint density at radius 2 is 1.76 bits per heavy atom. The Bertz CT molecular complexity index is 480. The zero-order chi connectivity index (χ0) is 12.1. The monoisotopic (exact) mass is 289 g/mol. The van der Waals surface area contributed by atoms with Crippen LogP contribution < -0.4 is 5.32 Å².